The van der Waals surface area contributed by atoms with Gasteiger partial charge in [-0.2, -0.15) is 21.6 Å². The van der Waals surface area contributed by atoms with Gasteiger partial charge in [0.2, 0.25) is 0 Å². The molecule has 2 aromatic heterocycles. The van der Waals surface area contributed by atoms with Crippen molar-refractivity contribution in [3.05, 3.63) is 53.6 Å². The van der Waals surface area contributed by atoms with E-state index in [2.05, 4.69) is 14.7 Å². The number of hydrogen-bond donors (Lipinski definition) is 1. The number of fused-ring (bicyclic) bond motifs is 1. The van der Waals surface area contributed by atoms with Crippen LogP contribution in [-0.2, 0) is 16.2 Å². The van der Waals surface area contributed by atoms with Crippen molar-refractivity contribution in [3.63, 3.8) is 0 Å². The van der Waals surface area contributed by atoms with E-state index in [1.807, 2.05) is 0 Å². The van der Waals surface area contributed by atoms with Crippen molar-refractivity contribution in [2.45, 2.75) is 11.2 Å². The molecule has 8 nitrogen and oxygen atoms in total. The third kappa shape index (κ3) is 3.87. The van der Waals surface area contributed by atoms with Crippen LogP contribution in [-0.4, -0.2) is 36.2 Å². The predicted molar refractivity (Wildman–Crippen MR) is 99.6 cm³/mol. The Morgan fingerprint density at radius 1 is 1.10 bits per heavy atom. The van der Waals surface area contributed by atoms with Gasteiger partial charge in [-0.25, -0.2) is 9.97 Å². The van der Waals surface area contributed by atoms with Gasteiger partial charge < -0.3 is 9.47 Å². The van der Waals surface area contributed by atoms with Crippen molar-refractivity contribution in [1.29, 1.82) is 0 Å². The molecule has 0 saturated carbocycles. The summed E-state index contributed by atoms with van der Waals surface area (Å²) in [4.78, 5) is 7.44. The van der Waals surface area contributed by atoms with Crippen molar-refractivity contribution in [3.8, 4) is 17.3 Å². The predicted octanol–water partition coefficient (Wildman–Crippen LogP) is 3.51. The highest BCUT2D eigenvalue weighted by Gasteiger charge is 2.32. The van der Waals surface area contributed by atoms with Crippen LogP contribution in [0.2, 0.25) is 5.02 Å². The normalized spacial score (nSPS) is 13.9. The van der Waals surface area contributed by atoms with Crippen LogP contribution < -0.4 is 14.2 Å². The maximum atomic E-state index is 12.9. The number of hydrogen-bond acceptors (Lipinski definition) is 6. The first kappa shape index (κ1) is 20.3. The number of anilines is 1. The minimum Gasteiger partial charge on any atom is -0.486 e. The van der Waals surface area contributed by atoms with Gasteiger partial charge in [0.05, 0.1) is 22.5 Å². The molecule has 0 saturated heterocycles. The van der Waals surface area contributed by atoms with Crippen LogP contribution in [0.4, 0.5) is 18.9 Å². The van der Waals surface area contributed by atoms with Crippen LogP contribution in [0.1, 0.15) is 5.56 Å². The lowest BCUT2D eigenvalue weighted by Gasteiger charge is -2.19. The summed E-state index contributed by atoms with van der Waals surface area (Å²) in [5.41, 5.74) is -0.867. The molecule has 3 aromatic rings. The fourth-order valence-electron chi connectivity index (χ4n) is 2.72. The van der Waals surface area contributed by atoms with Crippen LogP contribution in [0.15, 0.2) is 48.0 Å². The Morgan fingerprint density at radius 2 is 1.83 bits per heavy atom. The second-order valence-corrected chi connectivity index (χ2v) is 8.13. The van der Waals surface area contributed by atoms with Gasteiger partial charge in [0.15, 0.2) is 22.3 Å². The zero-order chi connectivity index (χ0) is 21.5. The van der Waals surface area contributed by atoms with Gasteiger partial charge in [-0.3, -0.25) is 9.29 Å². The molecule has 0 spiro atoms. The summed E-state index contributed by atoms with van der Waals surface area (Å²) in [5.74, 6) is 0.641. The van der Waals surface area contributed by atoms with E-state index in [-0.39, 0.29) is 16.5 Å². The van der Waals surface area contributed by atoms with Crippen molar-refractivity contribution >= 4 is 27.3 Å². The number of aromatic nitrogens is 3. The molecule has 0 atom stereocenters. The Morgan fingerprint density at radius 3 is 2.53 bits per heavy atom. The number of alkyl halides is 3. The molecular formula is C17H12ClF3N4O4S. The molecule has 1 aromatic carbocycles. The highest BCUT2D eigenvalue weighted by atomic mass is 35.5. The summed E-state index contributed by atoms with van der Waals surface area (Å²) in [5, 5.41) is -0.759. The molecule has 13 heteroatoms. The lowest BCUT2D eigenvalue weighted by molar-refractivity contribution is -0.137. The van der Waals surface area contributed by atoms with Gasteiger partial charge in [-0.1, -0.05) is 11.6 Å². The summed E-state index contributed by atoms with van der Waals surface area (Å²) < 4.78 is 78.4. The molecule has 30 heavy (non-hydrogen) atoms. The van der Waals surface area contributed by atoms with Crippen LogP contribution in [0.25, 0.3) is 5.82 Å². The molecule has 1 aliphatic rings. The summed E-state index contributed by atoms with van der Waals surface area (Å²) in [7, 11) is -4.20. The Bertz CT molecular complexity index is 1210. The van der Waals surface area contributed by atoms with Crippen LogP contribution in [0.3, 0.4) is 0 Å². The van der Waals surface area contributed by atoms with E-state index in [0.29, 0.717) is 37.0 Å². The van der Waals surface area contributed by atoms with Crippen molar-refractivity contribution < 1.29 is 31.1 Å². The van der Waals surface area contributed by atoms with Gasteiger partial charge in [-0.15, -0.1) is 0 Å². The van der Waals surface area contributed by atoms with Crippen molar-refractivity contribution in [2.24, 2.45) is 0 Å². The zero-order valence-corrected chi connectivity index (χ0v) is 16.4. The Labute approximate surface area is 173 Å². The van der Waals surface area contributed by atoms with Gasteiger partial charge in [0.25, 0.3) is 10.0 Å². The van der Waals surface area contributed by atoms with E-state index in [4.69, 9.17) is 21.1 Å². The third-order valence-corrected chi connectivity index (χ3v) is 5.69. The van der Waals surface area contributed by atoms with Crippen molar-refractivity contribution in [1.82, 2.24) is 14.5 Å². The number of imidazole rings is 1. The monoisotopic (exact) mass is 460 g/mol. The number of benzene rings is 1. The Kier molecular flexibility index (Phi) is 4.98. The summed E-state index contributed by atoms with van der Waals surface area (Å²) >= 11 is 5.93. The maximum Gasteiger partial charge on any atom is 0.417 e. The van der Waals surface area contributed by atoms with Gasteiger partial charge in [0.1, 0.15) is 19.5 Å². The quantitative estimate of drug-likeness (QED) is 0.640. The molecule has 0 amide bonds. The number of nitrogens with one attached hydrogen (secondary N) is 1. The first-order valence-corrected chi connectivity index (χ1v) is 10.2. The average molecular weight is 461 g/mol. The van der Waals surface area contributed by atoms with E-state index in [1.54, 1.807) is 6.07 Å². The summed E-state index contributed by atoms with van der Waals surface area (Å²) in [6.07, 6.45) is -1.97. The molecule has 158 valence electrons. The second-order valence-electron chi connectivity index (χ2n) is 6.09. The Hall–Kier alpha value is -2.99. The maximum absolute atomic E-state index is 12.9. The van der Waals surface area contributed by atoms with Crippen molar-refractivity contribution in [2.75, 3.05) is 17.9 Å². The molecule has 4 rings (SSSR count). The first-order chi connectivity index (χ1) is 14.1. The molecule has 1 N–H and O–H groups in total. The van der Waals surface area contributed by atoms with Gasteiger partial charge >= 0.3 is 6.18 Å². The van der Waals surface area contributed by atoms with Crippen LogP contribution in [0, 0.1) is 0 Å². The Balaban J connectivity index is 1.67. The van der Waals surface area contributed by atoms with E-state index < -0.39 is 26.8 Å². The van der Waals surface area contributed by atoms with Gasteiger partial charge in [-0.05, 0) is 18.2 Å². The van der Waals surface area contributed by atoms with E-state index in [1.165, 1.54) is 12.1 Å². The minimum atomic E-state index is -4.64. The number of sulfonamides is 1. The fourth-order valence-corrected chi connectivity index (χ4v) is 4.11. The van der Waals surface area contributed by atoms with Crippen LogP contribution >= 0.6 is 11.6 Å². The lowest BCUT2D eigenvalue weighted by atomic mass is 10.3. The SMILES string of the molecule is O=S(=O)(Nc1ccc2c(c1)OCCO2)c1cncn1-c1ncc(C(F)(F)F)cc1Cl. The highest BCUT2D eigenvalue weighted by Crippen LogP contribution is 2.34. The number of ether oxygens (including phenoxy) is 2. The molecule has 0 aliphatic carbocycles. The molecule has 1 aliphatic heterocycles. The topological polar surface area (TPSA) is 95.3 Å². The third-order valence-electron chi connectivity index (χ3n) is 4.05. The molecule has 3 heterocycles. The minimum absolute atomic E-state index is 0.193. The number of nitrogens with zero attached hydrogens (tertiary/aromatic N) is 3. The van der Waals surface area contributed by atoms with Gasteiger partial charge in [0, 0.05) is 12.3 Å². The fraction of sp³-hybridized carbons (Fsp3) is 0.176. The molecule has 0 unspecified atom stereocenters. The lowest BCUT2D eigenvalue weighted by Crippen LogP contribution is -2.18. The van der Waals surface area contributed by atoms with Crippen LogP contribution in [0.5, 0.6) is 11.5 Å². The smallest absolute Gasteiger partial charge is 0.417 e. The molecule has 0 radical (unpaired) electrons. The number of halogens is 4. The number of rotatable bonds is 4. The zero-order valence-electron chi connectivity index (χ0n) is 14.9. The summed E-state index contributed by atoms with van der Waals surface area (Å²) in [6.45, 7) is 0.714. The highest BCUT2D eigenvalue weighted by molar-refractivity contribution is 7.92. The molecular weight excluding hydrogens is 449 g/mol. The molecule has 0 bridgehead atoms. The molecule has 0 fully saturated rings. The largest absolute Gasteiger partial charge is 0.486 e. The number of pyridine rings is 1. The first-order valence-electron chi connectivity index (χ1n) is 8.33. The van der Waals surface area contributed by atoms with E-state index in [9.17, 15) is 21.6 Å². The average Bonchev–Trinajstić information content (AvgIpc) is 3.17. The second kappa shape index (κ2) is 7.36. The summed E-state index contributed by atoms with van der Waals surface area (Å²) in [6, 6.07) is 5.15. The standard InChI is InChI=1S/C17H12ClF3N4O4S/c18-12-5-10(17(19,20)21)7-23-16(12)25-9-22-8-15(25)30(26,27)24-11-1-2-13-14(6-11)29-4-3-28-13/h1-2,5-9,24H,3-4H2. The van der Waals surface area contributed by atoms with E-state index in [0.717, 1.165) is 17.1 Å². The van der Waals surface area contributed by atoms with E-state index >= 15 is 0 Å².